The summed E-state index contributed by atoms with van der Waals surface area (Å²) in [6.07, 6.45) is 1.73. The molecule has 17 heavy (non-hydrogen) atoms. The minimum atomic E-state index is 0.0374. The normalized spacial score (nSPS) is 11.1. The van der Waals surface area contributed by atoms with Gasteiger partial charge >= 0.3 is 0 Å². The Morgan fingerprint density at radius 2 is 2.00 bits per heavy atom. The third kappa shape index (κ3) is 2.11. The second-order valence-corrected chi connectivity index (χ2v) is 4.54. The van der Waals surface area contributed by atoms with E-state index in [4.69, 9.17) is 0 Å². The van der Waals surface area contributed by atoms with Crippen LogP contribution in [-0.2, 0) is 6.61 Å². The Kier molecular flexibility index (Phi) is 3.29. The topological polar surface area (TPSA) is 38.1 Å². The molecule has 0 saturated carbocycles. The van der Waals surface area contributed by atoms with Crippen molar-refractivity contribution in [1.82, 2.24) is 9.78 Å². The molecular weight excluding hydrogens is 212 g/mol. The lowest BCUT2D eigenvalue weighted by Crippen LogP contribution is -2.04. The maximum Gasteiger partial charge on any atom is 0.0715 e. The molecule has 0 atom stereocenters. The Hall–Kier alpha value is -1.61. The predicted octanol–water partition coefficient (Wildman–Crippen LogP) is 2.80. The van der Waals surface area contributed by atoms with E-state index in [2.05, 4.69) is 31.1 Å². The predicted molar refractivity (Wildman–Crippen MR) is 68.3 cm³/mol. The van der Waals surface area contributed by atoms with E-state index in [1.807, 2.05) is 23.7 Å². The van der Waals surface area contributed by atoms with Gasteiger partial charge in [0.15, 0.2) is 0 Å². The van der Waals surface area contributed by atoms with Gasteiger partial charge in [-0.05, 0) is 24.5 Å². The molecule has 0 fully saturated rings. The van der Waals surface area contributed by atoms with E-state index in [-0.39, 0.29) is 6.61 Å². The van der Waals surface area contributed by atoms with Crippen LogP contribution in [0.5, 0.6) is 0 Å². The van der Waals surface area contributed by atoms with E-state index in [1.165, 1.54) is 5.56 Å². The summed E-state index contributed by atoms with van der Waals surface area (Å²) in [4.78, 5) is 0. The monoisotopic (exact) mass is 230 g/mol. The number of hydrogen-bond acceptors (Lipinski definition) is 2. The van der Waals surface area contributed by atoms with E-state index >= 15 is 0 Å². The van der Waals surface area contributed by atoms with Crippen LogP contribution in [0.2, 0.25) is 0 Å². The van der Waals surface area contributed by atoms with Crippen LogP contribution < -0.4 is 0 Å². The summed E-state index contributed by atoms with van der Waals surface area (Å²) in [5.41, 5.74) is 4.24. The summed E-state index contributed by atoms with van der Waals surface area (Å²) in [6.45, 7) is 6.36. The van der Waals surface area contributed by atoms with Crippen LogP contribution in [0.4, 0.5) is 0 Å². The number of aromatic nitrogens is 2. The molecule has 3 heteroatoms. The van der Waals surface area contributed by atoms with Crippen molar-refractivity contribution in [3.63, 3.8) is 0 Å². The van der Waals surface area contributed by atoms with Crippen LogP contribution in [0.3, 0.4) is 0 Å². The van der Waals surface area contributed by atoms with Crippen molar-refractivity contribution in [3.8, 4) is 5.69 Å². The van der Waals surface area contributed by atoms with E-state index in [0.717, 1.165) is 16.9 Å². The molecule has 2 aromatic rings. The van der Waals surface area contributed by atoms with E-state index in [9.17, 15) is 5.11 Å². The minimum Gasteiger partial charge on any atom is -0.392 e. The molecule has 0 spiro atoms. The highest BCUT2D eigenvalue weighted by Crippen LogP contribution is 2.24. The van der Waals surface area contributed by atoms with Crippen LogP contribution in [0.25, 0.3) is 5.69 Å². The molecule has 1 aromatic heterocycles. The second kappa shape index (κ2) is 4.72. The van der Waals surface area contributed by atoms with Gasteiger partial charge in [0.05, 0.1) is 18.5 Å². The Morgan fingerprint density at radius 1 is 1.29 bits per heavy atom. The Morgan fingerprint density at radius 3 is 2.59 bits per heavy atom. The molecular formula is C14H18N2O. The average molecular weight is 230 g/mol. The largest absolute Gasteiger partial charge is 0.392 e. The zero-order valence-electron chi connectivity index (χ0n) is 10.5. The fourth-order valence-electron chi connectivity index (χ4n) is 2.01. The van der Waals surface area contributed by atoms with Crippen molar-refractivity contribution in [1.29, 1.82) is 0 Å². The maximum absolute atomic E-state index is 9.20. The molecule has 90 valence electrons. The van der Waals surface area contributed by atoms with Gasteiger partial charge in [0, 0.05) is 11.3 Å². The Labute approximate surface area is 102 Å². The molecule has 1 N–H and O–H groups in total. The lowest BCUT2D eigenvalue weighted by Gasteiger charge is -2.13. The summed E-state index contributed by atoms with van der Waals surface area (Å²) in [6, 6.07) is 8.25. The van der Waals surface area contributed by atoms with E-state index in [0.29, 0.717) is 5.92 Å². The fourth-order valence-corrected chi connectivity index (χ4v) is 2.01. The number of nitrogens with zero attached hydrogens (tertiary/aromatic N) is 2. The van der Waals surface area contributed by atoms with Gasteiger partial charge in [-0.2, -0.15) is 5.10 Å². The first-order valence-corrected chi connectivity index (χ1v) is 5.88. The number of para-hydroxylation sites is 1. The first-order chi connectivity index (χ1) is 8.15. The smallest absolute Gasteiger partial charge is 0.0715 e. The van der Waals surface area contributed by atoms with E-state index in [1.54, 1.807) is 6.20 Å². The molecule has 0 unspecified atom stereocenters. The van der Waals surface area contributed by atoms with Crippen LogP contribution in [0.1, 0.15) is 36.6 Å². The number of hydrogen-bond donors (Lipinski definition) is 1. The molecule has 3 nitrogen and oxygen atoms in total. The standard InChI is InChI=1S/C14H18N2O/c1-10(2)13-6-4-5-7-14(13)16-11(3)12(9-17)8-15-16/h4-8,10,17H,9H2,1-3H3. The lowest BCUT2D eigenvalue weighted by molar-refractivity contribution is 0.281. The van der Waals surface area contributed by atoms with Crippen LogP contribution in [-0.4, -0.2) is 14.9 Å². The zero-order valence-corrected chi connectivity index (χ0v) is 10.5. The molecule has 0 aliphatic rings. The van der Waals surface area contributed by atoms with Crippen LogP contribution >= 0.6 is 0 Å². The molecule has 0 bridgehead atoms. The van der Waals surface area contributed by atoms with Gasteiger partial charge in [0.1, 0.15) is 0 Å². The van der Waals surface area contributed by atoms with Crippen molar-refractivity contribution < 1.29 is 5.11 Å². The molecule has 0 saturated heterocycles. The zero-order chi connectivity index (χ0) is 12.4. The number of aliphatic hydroxyl groups is 1. The van der Waals surface area contributed by atoms with Gasteiger partial charge in [-0.3, -0.25) is 0 Å². The maximum atomic E-state index is 9.20. The third-order valence-corrected chi connectivity index (χ3v) is 3.07. The van der Waals surface area contributed by atoms with Crippen molar-refractivity contribution >= 4 is 0 Å². The molecule has 0 amide bonds. The van der Waals surface area contributed by atoms with Gasteiger partial charge in [0.25, 0.3) is 0 Å². The molecule has 0 radical (unpaired) electrons. The highest BCUT2D eigenvalue weighted by Gasteiger charge is 2.12. The summed E-state index contributed by atoms with van der Waals surface area (Å²) in [5.74, 6) is 0.451. The SMILES string of the molecule is Cc1c(CO)cnn1-c1ccccc1C(C)C. The number of benzene rings is 1. The number of aliphatic hydroxyl groups excluding tert-OH is 1. The molecule has 2 rings (SSSR count). The highest BCUT2D eigenvalue weighted by molar-refractivity contribution is 5.44. The average Bonchev–Trinajstić information content (AvgIpc) is 2.70. The summed E-state index contributed by atoms with van der Waals surface area (Å²) < 4.78 is 1.90. The first kappa shape index (κ1) is 11.9. The van der Waals surface area contributed by atoms with Crippen molar-refractivity contribution in [2.75, 3.05) is 0 Å². The van der Waals surface area contributed by atoms with Gasteiger partial charge in [0.2, 0.25) is 0 Å². The molecule has 1 aromatic carbocycles. The second-order valence-electron chi connectivity index (χ2n) is 4.54. The highest BCUT2D eigenvalue weighted by atomic mass is 16.3. The molecule has 1 heterocycles. The van der Waals surface area contributed by atoms with Gasteiger partial charge in [-0.1, -0.05) is 32.0 Å². The number of rotatable bonds is 3. The van der Waals surface area contributed by atoms with Gasteiger partial charge < -0.3 is 5.11 Å². The lowest BCUT2D eigenvalue weighted by atomic mass is 10.0. The first-order valence-electron chi connectivity index (χ1n) is 5.88. The summed E-state index contributed by atoms with van der Waals surface area (Å²) in [5, 5.41) is 13.6. The van der Waals surface area contributed by atoms with Crippen molar-refractivity contribution in [2.24, 2.45) is 0 Å². The van der Waals surface area contributed by atoms with Crippen LogP contribution in [0, 0.1) is 6.92 Å². The van der Waals surface area contributed by atoms with Gasteiger partial charge in [-0.25, -0.2) is 4.68 Å². The minimum absolute atomic E-state index is 0.0374. The summed E-state index contributed by atoms with van der Waals surface area (Å²) in [7, 11) is 0. The third-order valence-electron chi connectivity index (χ3n) is 3.07. The summed E-state index contributed by atoms with van der Waals surface area (Å²) >= 11 is 0. The Balaban J connectivity index is 2.56. The van der Waals surface area contributed by atoms with Crippen molar-refractivity contribution in [3.05, 3.63) is 47.3 Å². The van der Waals surface area contributed by atoms with Crippen molar-refractivity contribution in [2.45, 2.75) is 33.3 Å². The molecule has 0 aliphatic carbocycles. The van der Waals surface area contributed by atoms with E-state index < -0.39 is 0 Å². The molecule has 0 aliphatic heterocycles. The quantitative estimate of drug-likeness (QED) is 0.880. The van der Waals surface area contributed by atoms with Gasteiger partial charge in [-0.15, -0.1) is 0 Å². The fraction of sp³-hybridized carbons (Fsp3) is 0.357. The van der Waals surface area contributed by atoms with Crippen LogP contribution in [0.15, 0.2) is 30.5 Å². The Bertz CT molecular complexity index is 515.